The van der Waals surface area contributed by atoms with E-state index in [1.165, 1.54) is 4.90 Å². The van der Waals surface area contributed by atoms with E-state index in [0.29, 0.717) is 48.8 Å². The molecule has 0 saturated carbocycles. The van der Waals surface area contributed by atoms with Gasteiger partial charge in [-0.15, -0.1) is 0 Å². The quantitative estimate of drug-likeness (QED) is 0.389. The molecule has 5 nitrogen and oxygen atoms in total. The number of benzene rings is 1. The molecule has 130 valence electrons. The lowest BCUT2D eigenvalue weighted by atomic mass is 10.1. The first-order valence-corrected chi connectivity index (χ1v) is 9.50. The number of carbonyl (C=O) groups excluding carboxylic acids is 3. The van der Waals surface area contributed by atoms with Gasteiger partial charge in [0, 0.05) is 11.8 Å². The van der Waals surface area contributed by atoms with Crippen LogP contribution in [0.5, 0.6) is 0 Å². The molecule has 1 aromatic carbocycles. The highest BCUT2D eigenvalue weighted by molar-refractivity contribution is 7.99. The van der Waals surface area contributed by atoms with Crippen molar-refractivity contribution in [3.8, 4) is 0 Å². The molecule has 1 atom stereocenters. The van der Waals surface area contributed by atoms with E-state index in [1.807, 2.05) is 6.26 Å². The molecule has 0 unspecified atom stereocenters. The first kappa shape index (κ1) is 18.5. The van der Waals surface area contributed by atoms with Gasteiger partial charge < -0.3 is 4.74 Å². The summed E-state index contributed by atoms with van der Waals surface area (Å²) >= 11 is 1.67. The standard InChI is InChI=1S/C18H23NO4S/c1-3-13(24-2)12-16(20)23-11-7-6-10-19-17(21)14-8-4-5-9-15(14)18(19)22/h4-5,8-9,13H,3,6-7,10-12H2,1-2H3/t13-/m1/s1. The molecule has 0 aliphatic carbocycles. The normalized spacial score (nSPS) is 14.7. The van der Waals surface area contributed by atoms with Crippen molar-refractivity contribution in [2.24, 2.45) is 0 Å². The fourth-order valence-corrected chi connectivity index (χ4v) is 3.28. The molecular formula is C18H23NO4S. The van der Waals surface area contributed by atoms with Gasteiger partial charge in [0.05, 0.1) is 24.2 Å². The highest BCUT2D eigenvalue weighted by Crippen LogP contribution is 2.22. The molecule has 0 N–H and O–H groups in total. The molecule has 6 heteroatoms. The lowest BCUT2D eigenvalue weighted by Crippen LogP contribution is -2.30. The Labute approximate surface area is 146 Å². The SMILES string of the molecule is CC[C@H](CC(=O)OCCCCN1C(=O)c2ccccc2C1=O)SC. The maximum Gasteiger partial charge on any atom is 0.306 e. The molecule has 1 aliphatic rings. The summed E-state index contributed by atoms with van der Waals surface area (Å²) in [6, 6.07) is 6.86. The van der Waals surface area contributed by atoms with Crippen LogP contribution in [0, 0.1) is 0 Å². The number of imide groups is 1. The van der Waals surface area contributed by atoms with Gasteiger partial charge >= 0.3 is 5.97 Å². The first-order chi connectivity index (χ1) is 11.6. The molecule has 0 bridgehead atoms. The monoisotopic (exact) mass is 349 g/mol. The number of amides is 2. The fraction of sp³-hybridized carbons (Fsp3) is 0.500. The fourth-order valence-electron chi connectivity index (χ4n) is 2.64. The van der Waals surface area contributed by atoms with Crippen LogP contribution in [0.25, 0.3) is 0 Å². The van der Waals surface area contributed by atoms with Crippen molar-refractivity contribution >= 4 is 29.5 Å². The van der Waals surface area contributed by atoms with E-state index in [1.54, 1.807) is 36.0 Å². The largest absolute Gasteiger partial charge is 0.466 e. The van der Waals surface area contributed by atoms with E-state index in [4.69, 9.17) is 4.74 Å². The minimum atomic E-state index is -0.238. The Balaban J connectivity index is 1.70. The molecule has 0 aromatic heterocycles. The molecular weight excluding hydrogens is 326 g/mol. The predicted molar refractivity (Wildman–Crippen MR) is 94.2 cm³/mol. The molecule has 2 rings (SSSR count). The summed E-state index contributed by atoms with van der Waals surface area (Å²) in [6.07, 6.45) is 4.61. The van der Waals surface area contributed by atoms with Crippen LogP contribution < -0.4 is 0 Å². The number of unbranched alkanes of at least 4 members (excludes halogenated alkanes) is 1. The summed E-state index contributed by atoms with van der Waals surface area (Å²) in [5.41, 5.74) is 0.938. The van der Waals surface area contributed by atoms with Crippen LogP contribution >= 0.6 is 11.8 Å². The van der Waals surface area contributed by atoms with Gasteiger partial charge in [0.2, 0.25) is 0 Å². The molecule has 1 aliphatic heterocycles. The average molecular weight is 349 g/mol. The Morgan fingerprint density at radius 2 is 1.79 bits per heavy atom. The van der Waals surface area contributed by atoms with E-state index < -0.39 is 0 Å². The van der Waals surface area contributed by atoms with Crippen molar-refractivity contribution in [1.29, 1.82) is 0 Å². The van der Waals surface area contributed by atoms with Gasteiger partial charge in [-0.3, -0.25) is 19.3 Å². The third kappa shape index (κ3) is 4.38. The number of carbonyl (C=O) groups is 3. The van der Waals surface area contributed by atoms with Gasteiger partial charge in [0.15, 0.2) is 0 Å². The first-order valence-electron chi connectivity index (χ1n) is 8.22. The molecule has 24 heavy (non-hydrogen) atoms. The van der Waals surface area contributed by atoms with Crippen LogP contribution in [0.3, 0.4) is 0 Å². The maximum absolute atomic E-state index is 12.2. The Kier molecular flexibility index (Phi) is 6.85. The Hall–Kier alpha value is -1.82. The number of hydrogen-bond acceptors (Lipinski definition) is 5. The van der Waals surface area contributed by atoms with Gasteiger partial charge in [0.1, 0.15) is 0 Å². The van der Waals surface area contributed by atoms with Crippen molar-refractivity contribution < 1.29 is 19.1 Å². The zero-order valence-electron chi connectivity index (χ0n) is 14.1. The van der Waals surface area contributed by atoms with Crippen LogP contribution in [-0.4, -0.2) is 47.3 Å². The highest BCUT2D eigenvalue weighted by atomic mass is 32.2. The average Bonchev–Trinajstić information content (AvgIpc) is 2.84. The summed E-state index contributed by atoms with van der Waals surface area (Å²) in [5.74, 6) is -0.659. The van der Waals surface area contributed by atoms with Crippen LogP contribution in [0.1, 0.15) is 53.3 Å². The third-order valence-corrected chi connectivity index (χ3v) is 5.27. The van der Waals surface area contributed by atoms with Crippen LogP contribution in [0.2, 0.25) is 0 Å². The van der Waals surface area contributed by atoms with Crippen LogP contribution in [0.4, 0.5) is 0 Å². The van der Waals surface area contributed by atoms with E-state index in [-0.39, 0.29) is 17.8 Å². The maximum atomic E-state index is 12.2. The number of ether oxygens (including phenoxy) is 1. The molecule has 2 amide bonds. The summed E-state index contributed by atoms with van der Waals surface area (Å²) in [7, 11) is 0. The lowest BCUT2D eigenvalue weighted by Gasteiger charge is -2.14. The van der Waals surface area contributed by atoms with Crippen molar-refractivity contribution in [2.45, 2.75) is 37.9 Å². The zero-order valence-corrected chi connectivity index (χ0v) is 14.9. The van der Waals surface area contributed by atoms with Gasteiger partial charge in [-0.2, -0.15) is 11.8 Å². The highest BCUT2D eigenvalue weighted by Gasteiger charge is 2.34. The van der Waals surface area contributed by atoms with Crippen molar-refractivity contribution in [1.82, 2.24) is 4.90 Å². The molecule has 1 aromatic rings. The molecule has 1 heterocycles. The summed E-state index contributed by atoms with van der Waals surface area (Å²) in [5, 5.41) is 0.302. The van der Waals surface area contributed by atoms with E-state index >= 15 is 0 Å². The Morgan fingerprint density at radius 1 is 1.17 bits per heavy atom. The summed E-state index contributed by atoms with van der Waals surface area (Å²) in [4.78, 5) is 37.3. The van der Waals surface area contributed by atoms with Crippen molar-refractivity contribution in [2.75, 3.05) is 19.4 Å². The predicted octanol–water partition coefficient (Wildman–Crippen LogP) is 3.14. The Bertz CT molecular complexity index is 578. The van der Waals surface area contributed by atoms with E-state index in [0.717, 1.165) is 6.42 Å². The second kappa shape index (κ2) is 8.87. The van der Waals surface area contributed by atoms with Crippen LogP contribution in [-0.2, 0) is 9.53 Å². The number of rotatable bonds is 9. The number of thioether (sulfide) groups is 1. The number of nitrogens with zero attached hydrogens (tertiary/aromatic N) is 1. The van der Waals surface area contributed by atoms with Gasteiger partial charge in [-0.05, 0) is 37.7 Å². The number of hydrogen-bond donors (Lipinski definition) is 0. The van der Waals surface area contributed by atoms with Gasteiger partial charge in [-0.1, -0.05) is 19.1 Å². The molecule has 0 saturated heterocycles. The van der Waals surface area contributed by atoms with Gasteiger partial charge in [-0.25, -0.2) is 0 Å². The molecule has 0 spiro atoms. The third-order valence-electron chi connectivity index (χ3n) is 4.10. The topological polar surface area (TPSA) is 63.7 Å². The summed E-state index contributed by atoms with van der Waals surface area (Å²) in [6.45, 7) is 2.73. The van der Waals surface area contributed by atoms with E-state index in [9.17, 15) is 14.4 Å². The van der Waals surface area contributed by atoms with Crippen LogP contribution in [0.15, 0.2) is 24.3 Å². The van der Waals surface area contributed by atoms with E-state index in [2.05, 4.69) is 6.92 Å². The second-order valence-electron chi connectivity index (χ2n) is 5.71. The zero-order chi connectivity index (χ0) is 17.5. The molecule has 0 radical (unpaired) electrons. The van der Waals surface area contributed by atoms with Crippen molar-refractivity contribution in [3.63, 3.8) is 0 Å². The van der Waals surface area contributed by atoms with Gasteiger partial charge in [0.25, 0.3) is 11.8 Å². The lowest BCUT2D eigenvalue weighted by molar-refractivity contribution is -0.143. The Morgan fingerprint density at radius 3 is 2.33 bits per heavy atom. The smallest absolute Gasteiger partial charge is 0.306 e. The number of fused-ring (bicyclic) bond motifs is 1. The minimum Gasteiger partial charge on any atom is -0.466 e. The number of esters is 1. The minimum absolute atomic E-state index is 0.183. The second-order valence-corrected chi connectivity index (χ2v) is 6.84. The summed E-state index contributed by atoms with van der Waals surface area (Å²) < 4.78 is 5.22. The van der Waals surface area contributed by atoms with Crippen molar-refractivity contribution in [3.05, 3.63) is 35.4 Å². The molecule has 0 fully saturated rings.